The van der Waals surface area contributed by atoms with Gasteiger partial charge < -0.3 is 4.74 Å². The number of benzene rings is 2. The van der Waals surface area contributed by atoms with Crippen molar-refractivity contribution in [2.24, 2.45) is 0 Å². The Kier molecular flexibility index (Phi) is 5.32. The molecule has 0 aromatic heterocycles. The fraction of sp³-hybridized carbons (Fsp3) is 0.250. The number of hydrogen-bond donors (Lipinski definition) is 1. The highest BCUT2D eigenvalue weighted by Gasteiger charge is 2.32. The van der Waals surface area contributed by atoms with E-state index < -0.39 is 38.0 Å². The molecule has 4 nitrogen and oxygen atoms in total. The van der Waals surface area contributed by atoms with Crippen molar-refractivity contribution in [2.45, 2.75) is 17.4 Å². The Hall–Kier alpha value is -1.90. The van der Waals surface area contributed by atoms with E-state index in [0.717, 1.165) is 12.1 Å². The van der Waals surface area contributed by atoms with Gasteiger partial charge in [-0.25, -0.2) is 26.3 Å². The minimum atomic E-state index is -4.35. The van der Waals surface area contributed by atoms with Crippen LogP contribution in [0.3, 0.4) is 0 Å². The van der Waals surface area contributed by atoms with Gasteiger partial charge in [-0.1, -0.05) is 18.2 Å². The molecular formula is C16H16F3NO3S. The molecular weight excluding hydrogens is 343 g/mol. The van der Waals surface area contributed by atoms with Crippen LogP contribution < -0.4 is 4.72 Å². The van der Waals surface area contributed by atoms with Crippen molar-refractivity contribution >= 4 is 10.0 Å². The molecule has 1 N–H and O–H groups in total. The smallest absolute Gasteiger partial charge is 0.243 e. The molecule has 2 rings (SSSR count). The highest BCUT2D eigenvalue weighted by molar-refractivity contribution is 7.89. The normalized spacial score (nSPS) is 14.4. The summed E-state index contributed by atoms with van der Waals surface area (Å²) < 4.78 is 72.7. The molecule has 0 amide bonds. The maximum absolute atomic E-state index is 14.0. The topological polar surface area (TPSA) is 55.4 Å². The number of halogens is 3. The van der Waals surface area contributed by atoms with Crippen LogP contribution in [-0.2, 0) is 20.4 Å². The van der Waals surface area contributed by atoms with Gasteiger partial charge in [0.2, 0.25) is 10.0 Å². The second kappa shape index (κ2) is 6.92. The van der Waals surface area contributed by atoms with Crippen LogP contribution in [0.5, 0.6) is 0 Å². The second-order valence-corrected chi connectivity index (χ2v) is 7.05. The van der Waals surface area contributed by atoms with E-state index in [1.165, 1.54) is 32.2 Å². The molecule has 0 fully saturated rings. The zero-order valence-corrected chi connectivity index (χ0v) is 13.8. The molecule has 0 aliphatic rings. The van der Waals surface area contributed by atoms with E-state index in [2.05, 4.69) is 4.72 Å². The summed E-state index contributed by atoms with van der Waals surface area (Å²) in [7, 11) is -3.05. The summed E-state index contributed by atoms with van der Waals surface area (Å²) in [6, 6.07) is 7.84. The summed E-state index contributed by atoms with van der Waals surface area (Å²) in [6.45, 7) is 1.11. The van der Waals surface area contributed by atoms with Crippen LogP contribution in [0.1, 0.15) is 12.5 Å². The van der Waals surface area contributed by atoms with E-state index in [4.69, 9.17) is 4.74 Å². The maximum atomic E-state index is 14.0. The average molecular weight is 359 g/mol. The van der Waals surface area contributed by atoms with E-state index >= 15 is 0 Å². The van der Waals surface area contributed by atoms with Crippen molar-refractivity contribution < 1.29 is 26.3 Å². The fourth-order valence-electron chi connectivity index (χ4n) is 2.16. The fourth-order valence-corrected chi connectivity index (χ4v) is 3.37. The van der Waals surface area contributed by atoms with Crippen LogP contribution in [0.15, 0.2) is 47.4 Å². The third-order valence-electron chi connectivity index (χ3n) is 3.68. The minimum Gasteiger partial charge on any atom is -0.372 e. The highest BCUT2D eigenvalue weighted by atomic mass is 32.2. The third kappa shape index (κ3) is 3.77. The first-order valence-corrected chi connectivity index (χ1v) is 8.43. The largest absolute Gasteiger partial charge is 0.372 e. The second-order valence-electron chi connectivity index (χ2n) is 5.31. The summed E-state index contributed by atoms with van der Waals surface area (Å²) in [6.07, 6.45) is 0. The summed E-state index contributed by atoms with van der Waals surface area (Å²) in [5.41, 5.74) is -1.20. The van der Waals surface area contributed by atoms with E-state index in [0.29, 0.717) is 6.07 Å². The lowest BCUT2D eigenvalue weighted by molar-refractivity contribution is 0.00409. The lowest BCUT2D eigenvalue weighted by Crippen LogP contribution is -2.40. The Bertz CT molecular complexity index is 842. The Morgan fingerprint density at radius 2 is 1.75 bits per heavy atom. The number of rotatable bonds is 6. The Balaban J connectivity index is 2.30. The molecule has 1 unspecified atom stereocenters. The molecule has 0 saturated carbocycles. The number of sulfonamides is 1. The van der Waals surface area contributed by atoms with E-state index in [1.807, 2.05) is 0 Å². The Morgan fingerprint density at radius 3 is 2.38 bits per heavy atom. The van der Waals surface area contributed by atoms with Gasteiger partial charge in [-0.2, -0.15) is 0 Å². The molecule has 0 radical (unpaired) electrons. The maximum Gasteiger partial charge on any atom is 0.243 e. The number of hydrogen-bond acceptors (Lipinski definition) is 3. The van der Waals surface area contributed by atoms with Gasteiger partial charge in [0.15, 0.2) is 0 Å². The zero-order chi connectivity index (χ0) is 18.0. The van der Waals surface area contributed by atoms with Crippen molar-refractivity contribution in [1.82, 2.24) is 4.72 Å². The molecule has 1 atom stereocenters. The van der Waals surface area contributed by atoms with Gasteiger partial charge in [0, 0.05) is 19.2 Å². The molecule has 0 heterocycles. The average Bonchev–Trinajstić information content (AvgIpc) is 2.55. The minimum absolute atomic E-state index is 0.134. The molecule has 0 spiro atoms. The van der Waals surface area contributed by atoms with Gasteiger partial charge >= 0.3 is 0 Å². The zero-order valence-electron chi connectivity index (χ0n) is 13.0. The van der Waals surface area contributed by atoms with E-state index in [9.17, 15) is 21.6 Å². The first-order chi connectivity index (χ1) is 11.2. The summed E-state index contributed by atoms with van der Waals surface area (Å²) in [5, 5.41) is 0. The molecule has 0 bridgehead atoms. The van der Waals surface area contributed by atoms with Crippen LogP contribution in [0.25, 0.3) is 0 Å². The van der Waals surface area contributed by atoms with Gasteiger partial charge in [-0.3, -0.25) is 0 Å². The predicted molar refractivity (Wildman–Crippen MR) is 82.3 cm³/mol. The Labute approximate surface area is 138 Å². The van der Waals surface area contributed by atoms with Crippen molar-refractivity contribution in [3.8, 4) is 0 Å². The van der Waals surface area contributed by atoms with Crippen LogP contribution in [0.4, 0.5) is 13.2 Å². The van der Waals surface area contributed by atoms with E-state index in [-0.39, 0.29) is 12.1 Å². The first-order valence-electron chi connectivity index (χ1n) is 6.94. The van der Waals surface area contributed by atoms with Crippen molar-refractivity contribution in [2.75, 3.05) is 13.7 Å². The number of ether oxygens (including phenoxy) is 1. The van der Waals surface area contributed by atoms with Crippen LogP contribution in [-0.4, -0.2) is 22.1 Å². The van der Waals surface area contributed by atoms with Crippen molar-refractivity contribution in [1.29, 1.82) is 0 Å². The first kappa shape index (κ1) is 18.4. The monoisotopic (exact) mass is 359 g/mol. The van der Waals surface area contributed by atoms with Crippen molar-refractivity contribution in [3.05, 3.63) is 65.5 Å². The van der Waals surface area contributed by atoms with Crippen LogP contribution in [0.2, 0.25) is 0 Å². The molecule has 130 valence electrons. The van der Waals surface area contributed by atoms with Gasteiger partial charge in [-0.15, -0.1) is 0 Å². The molecule has 2 aromatic carbocycles. The highest BCUT2D eigenvalue weighted by Crippen LogP contribution is 2.27. The van der Waals surface area contributed by atoms with Gasteiger partial charge in [0.25, 0.3) is 0 Å². The summed E-state index contributed by atoms with van der Waals surface area (Å²) in [4.78, 5) is -0.825. The number of methoxy groups -OCH3 is 1. The summed E-state index contributed by atoms with van der Waals surface area (Å²) >= 11 is 0. The summed E-state index contributed by atoms with van der Waals surface area (Å²) in [5.74, 6) is -2.55. The van der Waals surface area contributed by atoms with Crippen LogP contribution >= 0.6 is 0 Å². The molecule has 2 aromatic rings. The third-order valence-corrected chi connectivity index (χ3v) is 5.09. The molecule has 24 heavy (non-hydrogen) atoms. The molecule has 0 aliphatic carbocycles. The predicted octanol–water partition coefficient (Wildman–Crippen LogP) is 2.94. The van der Waals surface area contributed by atoms with Gasteiger partial charge in [-0.05, 0) is 31.2 Å². The standard InChI is InChI=1S/C16H16F3NO3S/c1-16(23-2,12-5-3-4-6-13(12)18)10-20-24(21,22)15-9-11(17)7-8-14(15)19/h3-9,20H,10H2,1-2H3. The van der Waals surface area contributed by atoms with Crippen molar-refractivity contribution in [3.63, 3.8) is 0 Å². The molecule has 0 saturated heterocycles. The molecule has 8 heteroatoms. The quantitative estimate of drug-likeness (QED) is 0.863. The number of nitrogens with one attached hydrogen (secondary N) is 1. The SMILES string of the molecule is COC(C)(CNS(=O)(=O)c1cc(F)ccc1F)c1ccccc1F. The van der Waals surface area contributed by atoms with Crippen LogP contribution in [0, 0.1) is 17.5 Å². The van der Waals surface area contributed by atoms with E-state index in [1.54, 1.807) is 6.07 Å². The lowest BCUT2D eigenvalue weighted by atomic mass is 9.95. The Morgan fingerprint density at radius 1 is 1.08 bits per heavy atom. The van der Waals surface area contributed by atoms with Gasteiger partial charge in [0.1, 0.15) is 27.9 Å². The lowest BCUT2D eigenvalue weighted by Gasteiger charge is -2.29. The molecule has 0 aliphatic heterocycles. The van der Waals surface area contributed by atoms with Gasteiger partial charge in [0.05, 0.1) is 0 Å².